The van der Waals surface area contributed by atoms with E-state index in [4.69, 9.17) is 4.74 Å². The van der Waals surface area contributed by atoms with Gasteiger partial charge in [0.25, 0.3) is 0 Å². The zero-order chi connectivity index (χ0) is 24.5. The van der Waals surface area contributed by atoms with E-state index in [0.717, 1.165) is 4.85 Å². The number of fused-ring (bicyclic) bond motifs is 1. The molecule has 2 N–H and O–H groups in total. The van der Waals surface area contributed by atoms with Crippen molar-refractivity contribution in [3.8, 4) is 0 Å². The topological polar surface area (TPSA) is 122 Å². The van der Waals surface area contributed by atoms with Crippen LogP contribution in [0.25, 0.3) is 11.0 Å². The normalized spacial score (nSPS) is 24.6. The van der Waals surface area contributed by atoms with E-state index in [1.54, 1.807) is 6.20 Å². The predicted molar refractivity (Wildman–Crippen MR) is 117 cm³/mol. The van der Waals surface area contributed by atoms with Crippen molar-refractivity contribution in [3.63, 3.8) is 0 Å². The molecule has 34 heavy (non-hydrogen) atoms. The second-order valence-corrected chi connectivity index (χ2v) is 11.0. The fourth-order valence-corrected chi connectivity index (χ4v) is 5.96. The number of nitrogens with one attached hydrogen (secondary N) is 1. The lowest BCUT2D eigenvalue weighted by atomic mass is 9.84. The number of hydrogen-bond acceptors (Lipinski definition) is 8. The fourth-order valence-electron chi connectivity index (χ4n) is 4.60. The Bertz CT molecular complexity index is 1100. The van der Waals surface area contributed by atoms with Crippen LogP contribution in [0.5, 0.6) is 0 Å². The molecule has 0 radical (unpaired) electrons. The lowest BCUT2D eigenvalue weighted by Crippen LogP contribution is -2.42. The van der Waals surface area contributed by atoms with Crippen molar-refractivity contribution in [1.29, 1.82) is 0 Å². The van der Waals surface area contributed by atoms with Gasteiger partial charge >= 0.3 is 6.18 Å². The summed E-state index contributed by atoms with van der Waals surface area (Å²) in [7, 11) is -3.97. The van der Waals surface area contributed by atoms with Crippen LogP contribution in [0.1, 0.15) is 44.9 Å². The molecule has 190 valence electrons. The molecule has 10 nitrogen and oxygen atoms in total. The maximum Gasteiger partial charge on any atom is 0.390 e. The van der Waals surface area contributed by atoms with E-state index in [9.17, 15) is 26.8 Å². The summed E-state index contributed by atoms with van der Waals surface area (Å²) in [5.41, 5.74) is 0.396. The van der Waals surface area contributed by atoms with Crippen molar-refractivity contribution in [3.05, 3.63) is 12.0 Å². The SMILES string of the molecule is C[C@H]1CN(c2c3cnc(CC4CCC(NS(=O)(=O)CCC(F)(F)F)CC4)nc3nn2O)CCO1. The first-order chi connectivity index (χ1) is 16.0. The van der Waals surface area contributed by atoms with Crippen LogP contribution in [-0.2, 0) is 21.2 Å². The van der Waals surface area contributed by atoms with E-state index in [2.05, 4.69) is 19.8 Å². The van der Waals surface area contributed by atoms with Crippen LogP contribution in [0.4, 0.5) is 19.0 Å². The second kappa shape index (κ2) is 9.82. The highest BCUT2D eigenvalue weighted by molar-refractivity contribution is 7.89. The van der Waals surface area contributed by atoms with E-state index in [1.165, 1.54) is 0 Å². The lowest BCUT2D eigenvalue weighted by Gasteiger charge is -2.32. The fraction of sp³-hybridized carbons (Fsp3) is 0.750. The zero-order valence-electron chi connectivity index (χ0n) is 18.8. The highest BCUT2D eigenvalue weighted by atomic mass is 32.2. The third kappa shape index (κ3) is 6.27. The number of sulfonamides is 1. The minimum absolute atomic E-state index is 0.0307. The van der Waals surface area contributed by atoms with Crippen molar-refractivity contribution in [2.45, 2.75) is 63.8 Å². The number of morpholine rings is 1. The van der Waals surface area contributed by atoms with Crippen LogP contribution < -0.4 is 9.62 Å². The summed E-state index contributed by atoms with van der Waals surface area (Å²) in [4.78, 5) is 11.8. The second-order valence-electron chi connectivity index (χ2n) is 9.09. The van der Waals surface area contributed by atoms with Gasteiger partial charge in [-0.25, -0.2) is 23.1 Å². The number of alkyl halides is 3. The van der Waals surface area contributed by atoms with Crippen molar-refractivity contribution in [2.75, 3.05) is 30.3 Å². The first kappa shape index (κ1) is 24.9. The van der Waals surface area contributed by atoms with Crippen LogP contribution in [0.3, 0.4) is 0 Å². The van der Waals surface area contributed by atoms with Gasteiger partial charge in [0.2, 0.25) is 10.0 Å². The number of anilines is 1. The highest BCUT2D eigenvalue weighted by Gasteiger charge is 2.32. The Morgan fingerprint density at radius 1 is 1.26 bits per heavy atom. The van der Waals surface area contributed by atoms with Crippen LogP contribution in [0, 0.1) is 5.92 Å². The highest BCUT2D eigenvalue weighted by Crippen LogP contribution is 2.30. The van der Waals surface area contributed by atoms with Crippen molar-refractivity contribution >= 4 is 26.9 Å². The maximum absolute atomic E-state index is 12.3. The van der Waals surface area contributed by atoms with E-state index < -0.39 is 28.4 Å². The van der Waals surface area contributed by atoms with Gasteiger partial charge < -0.3 is 14.8 Å². The smallest absolute Gasteiger partial charge is 0.390 e. The summed E-state index contributed by atoms with van der Waals surface area (Å²) in [6.07, 6.45) is -1.08. The molecule has 1 atom stereocenters. The van der Waals surface area contributed by atoms with Gasteiger partial charge in [-0.2, -0.15) is 13.2 Å². The molecule has 0 bridgehead atoms. The van der Waals surface area contributed by atoms with Gasteiger partial charge in [0.1, 0.15) is 5.82 Å². The van der Waals surface area contributed by atoms with Crippen molar-refractivity contribution < 1.29 is 31.5 Å². The molecule has 14 heteroatoms. The summed E-state index contributed by atoms with van der Waals surface area (Å²) in [5.74, 6) is 0.397. The third-order valence-electron chi connectivity index (χ3n) is 6.30. The Kier molecular flexibility index (Phi) is 7.20. The van der Waals surface area contributed by atoms with Gasteiger partial charge in [-0.3, -0.25) is 0 Å². The Morgan fingerprint density at radius 3 is 2.68 bits per heavy atom. The molecule has 1 saturated heterocycles. The molecule has 0 spiro atoms. The monoisotopic (exact) mass is 506 g/mol. The number of halogens is 3. The van der Waals surface area contributed by atoms with E-state index in [-0.39, 0.29) is 18.1 Å². The first-order valence-electron chi connectivity index (χ1n) is 11.4. The van der Waals surface area contributed by atoms with Crippen LogP contribution >= 0.6 is 0 Å². The molecule has 2 aromatic rings. The molecular formula is C20H29F3N6O4S. The molecule has 1 aliphatic heterocycles. The van der Waals surface area contributed by atoms with Gasteiger partial charge in [0.15, 0.2) is 11.5 Å². The largest absolute Gasteiger partial charge is 0.410 e. The molecule has 3 heterocycles. The quantitative estimate of drug-likeness (QED) is 0.549. The molecule has 0 amide bonds. The standard InChI is InChI=1S/C20H29F3N6O4S/c1-13-12-28(7-8-33-13)19-16-11-24-17(25-18(16)26-29(19)30)10-14-2-4-15(5-3-14)27-34(31,32)9-6-20(21,22)23/h11,13-15,27,30H,2-10,12H2,1H3/t13-,14?,15?/m0/s1. The van der Waals surface area contributed by atoms with Gasteiger partial charge in [-0.15, -0.1) is 5.10 Å². The minimum Gasteiger partial charge on any atom is -0.410 e. The van der Waals surface area contributed by atoms with Gasteiger partial charge in [0, 0.05) is 31.7 Å². The number of aromatic nitrogens is 4. The van der Waals surface area contributed by atoms with Crippen LogP contribution in [0.2, 0.25) is 0 Å². The van der Waals surface area contributed by atoms with E-state index in [0.29, 0.717) is 74.5 Å². The zero-order valence-corrected chi connectivity index (χ0v) is 19.6. The Labute approximate surface area is 195 Å². The summed E-state index contributed by atoms with van der Waals surface area (Å²) < 4.78 is 68.8. The molecule has 1 saturated carbocycles. The summed E-state index contributed by atoms with van der Waals surface area (Å²) in [6, 6.07) is -0.360. The van der Waals surface area contributed by atoms with E-state index in [1.807, 2.05) is 11.8 Å². The Hall–Kier alpha value is -2.19. The maximum atomic E-state index is 12.3. The molecule has 2 fully saturated rings. The molecular weight excluding hydrogens is 477 g/mol. The van der Waals surface area contributed by atoms with Crippen LogP contribution in [-0.4, -0.2) is 77.3 Å². The summed E-state index contributed by atoms with van der Waals surface area (Å²) >= 11 is 0. The molecule has 1 aliphatic carbocycles. The van der Waals surface area contributed by atoms with Crippen LogP contribution in [0.15, 0.2) is 6.20 Å². The van der Waals surface area contributed by atoms with Crippen molar-refractivity contribution in [1.82, 2.24) is 24.6 Å². The molecule has 0 unspecified atom stereocenters. The average Bonchev–Trinajstić information content (AvgIpc) is 3.08. The average molecular weight is 507 g/mol. The lowest BCUT2D eigenvalue weighted by molar-refractivity contribution is -0.130. The van der Waals surface area contributed by atoms with Gasteiger partial charge in [-0.1, -0.05) is 4.85 Å². The summed E-state index contributed by atoms with van der Waals surface area (Å²) in [6.45, 7) is 3.75. The van der Waals surface area contributed by atoms with Gasteiger partial charge in [0.05, 0.1) is 30.3 Å². The molecule has 4 rings (SSSR count). The number of hydrogen-bond donors (Lipinski definition) is 2. The Morgan fingerprint density at radius 2 is 2.00 bits per heavy atom. The first-order valence-corrected chi connectivity index (χ1v) is 13.0. The predicted octanol–water partition coefficient (Wildman–Crippen LogP) is 2.26. The molecule has 2 aliphatic rings. The minimum atomic E-state index is -4.50. The number of rotatable bonds is 7. The van der Waals surface area contributed by atoms with Gasteiger partial charge in [-0.05, 0) is 38.5 Å². The molecule has 2 aromatic heterocycles. The van der Waals surface area contributed by atoms with Crippen molar-refractivity contribution in [2.24, 2.45) is 5.92 Å². The molecule has 0 aromatic carbocycles. The third-order valence-corrected chi connectivity index (χ3v) is 7.73. The van der Waals surface area contributed by atoms with E-state index >= 15 is 0 Å². The number of nitrogens with zero attached hydrogens (tertiary/aromatic N) is 5. The number of ether oxygens (including phenoxy) is 1. The Balaban J connectivity index is 1.33. The summed E-state index contributed by atoms with van der Waals surface area (Å²) in [5, 5.41) is 15.1.